The molecule has 0 radical (unpaired) electrons. The predicted octanol–water partition coefficient (Wildman–Crippen LogP) is 2.44. The summed E-state index contributed by atoms with van der Waals surface area (Å²) in [4.78, 5) is 6.62. The topological polar surface area (TPSA) is 61.7 Å². The normalized spacial score (nSPS) is 8.36. The first-order valence-corrected chi connectivity index (χ1v) is 4.25. The summed E-state index contributed by atoms with van der Waals surface area (Å²) in [6.07, 6.45) is 4.05. The lowest BCUT2D eigenvalue weighted by atomic mass is 10.2. The van der Waals surface area contributed by atoms with Crippen LogP contribution in [0, 0.1) is 18.8 Å². The van der Waals surface area contributed by atoms with E-state index in [4.69, 9.17) is 5.53 Å². The van der Waals surface area contributed by atoms with Crippen LogP contribution >= 0.6 is 0 Å². The van der Waals surface area contributed by atoms with Crippen LogP contribution in [0.3, 0.4) is 0 Å². The molecule has 0 aliphatic rings. The minimum Gasteiger partial charge on any atom is -0.263 e. The molecule has 0 spiro atoms. The average Bonchev–Trinajstić information content (AvgIpc) is 2.20. The molecule has 0 saturated heterocycles. The number of aryl methyl sites for hydroxylation is 1. The maximum absolute atomic E-state index is 8.03. The monoisotopic (exact) mass is 186 g/mol. The van der Waals surface area contributed by atoms with Gasteiger partial charge in [0.1, 0.15) is 0 Å². The third-order valence-corrected chi connectivity index (χ3v) is 1.66. The molecular weight excluding hydrogens is 176 g/mol. The van der Waals surface area contributed by atoms with E-state index < -0.39 is 0 Å². The summed E-state index contributed by atoms with van der Waals surface area (Å²) in [5, 5.41) is 3.39. The fourth-order valence-corrected chi connectivity index (χ4v) is 0.903. The molecule has 0 bridgehead atoms. The lowest BCUT2D eigenvalue weighted by Gasteiger charge is -1.93. The second-order valence-electron chi connectivity index (χ2n) is 2.70. The van der Waals surface area contributed by atoms with Gasteiger partial charge in [0.05, 0.1) is 0 Å². The summed E-state index contributed by atoms with van der Waals surface area (Å²) in [5.74, 6) is 5.90. The van der Waals surface area contributed by atoms with Crippen molar-refractivity contribution < 1.29 is 0 Å². The molecular formula is C10H10N4. The number of hydrogen-bond donors (Lipinski definition) is 0. The van der Waals surface area contributed by atoms with Gasteiger partial charge in [-0.05, 0) is 24.1 Å². The van der Waals surface area contributed by atoms with Crippen molar-refractivity contribution in [2.45, 2.75) is 13.3 Å². The van der Waals surface area contributed by atoms with Gasteiger partial charge in [-0.3, -0.25) is 4.98 Å². The van der Waals surface area contributed by atoms with Crippen molar-refractivity contribution in [3.8, 4) is 11.8 Å². The Balaban J connectivity index is 2.59. The van der Waals surface area contributed by atoms with Crippen LogP contribution in [0.15, 0.2) is 23.6 Å². The zero-order valence-corrected chi connectivity index (χ0v) is 7.94. The molecule has 0 N–H and O–H groups in total. The lowest BCUT2D eigenvalue weighted by molar-refractivity contribution is 1.01. The number of pyridine rings is 1. The van der Waals surface area contributed by atoms with Crippen molar-refractivity contribution in [2.75, 3.05) is 6.54 Å². The van der Waals surface area contributed by atoms with Gasteiger partial charge in [-0.2, -0.15) is 0 Å². The fourth-order valence-electron chi connectivity index (χ4n) is 0.903. The molecule has 0 aliphatic carbocycles. The van der Waals surface area contributed by atoms with E-state index in [0.717, 1.165) is 11.1 Å². The second-order valence-corrected chi connectivity index (χ2v) is 2.70. The molecule has 0 fully saturated rings. The highest BCUT2D eigenvalue weighted by Crippen LogP contribution is 2.01. The first-order chi connectivity index (χ1) is 6.84. The number of rotatable bonds is 2. The van der Waals surface area contributed by atoms with Crippen LogP contribution in [0.4, 0.5) is 0 Å². The van der Waals surface area contributed by atoms with E-state index in [0.29, 0.717) is 13.0 Å². The van der Waals surface area contributed by atoms with Crippen molar-refractivity contribution in [3.63, 3.8) is 0 Å². The molecule has 4 heteroatoms. The largest absolute Gasteiger partial charge is 0.263 e. The third kappa shape index (κ3) is 3.18. The number of nitrogens with zero attached hydrogens (tertiary/aromatic N) is 4. The molecule has 0 aliphatic heterocycles. The molecule has 1 rings (SSSR count). The van der Waals surface area contributed by atoms with Crippen LogP contribution in [0.25, 0.3) is 10.4 Å². The summed E-state index contributed by atoms with van der Waals surface area (Å²) < 4.78 is 0. The van der Waals surface area contributed by atoms with E-state index in [1.165, 1.54) is 0 Å². The average molecular weight is 186 g/mol. The van der Waals surface area contributed by atoms with Crippen molar-refractivity contribution >= 4 is 0 Å². The predicted molar refractivity (Wildman–Crippen MR) is 54.5 cm³/mol. The van der Waals surface area contributed by atoms with Crippen molar-refractivity contribution in [1.29, 1.82) is 0 Å². The van der Waals surface area contributed by atoms with E-state index in [2.05, 4.69) is 26.9 Å². The van der Waals surface area contributed by atoms with E-state index in [1.807, 2.05) is 13.0 Å². The standard InChI is InChI=1S/C10H10N4/c1-9-5-7-12-8-10(9)4-2-3-6-13-14-11/h5,7-8H,3,6H2,1H3. The van der Waals surface area contributed by atoms with E-state index >= 15 is 0 Å². The Labute approximate surface area is 82.6 Å². The molecule has 0 atom stereocenters. The summed E-state index contributed by atoms with van der Waals surface area (Å²) in [7, 11) is 0. The van der Waals surface area contributed by atoms with Gasteiger partial charge in [-0.15, -0.1) is 0 Å². The van der Waals surface area contributed by atoms with Crippen LogP contribution in [0.2, 0.25) is 0 Å². The van der Waals surface area contributed by atoms with Crippen LogP contribution in [0.1, 0.15) is 17.5 Å². The molecule has 4 nitrogen and oxygen atoms in total. The maximum atomic E-state index is 8.03. The van der Waals surface area contributed by atoms with Gasteiger partial charge >= 0.3 is 0 Å². The van der Waals surface area contributed by atoms with Crippen LogP contribution in [-0.4, -0.2) is 11.5 Å². The molecule has 0 amide bonds. The highest BCUT2D eigenvalue weighted by Gasteiger charge is 1.90. The molecule has 1 aromatic rings. The Hall–Kier alpha value is -1.98. The SMILES string of the molecule is Cc1ccncc1C#CCCN=[N+]=[N-]. The first-order valence-electron chi connectivity index (χ1n) is 4.25. The molecule has 70 valence electrons. The van der Waals surface area contributed by atoms with E-state index in [-0.39, 0.29) is 0 Å². The van der Waals surface area contributed by atoms with E-state index in [9.17, 15) is 0 Å². The smallest absolute Gasteiger partial charge is 0.0457 e. The van der Waals surface area contributed by atoms with Gasteiger partial charge in [0.25, 0.3) is 0 Å². The highest BCUT2D eigenvalue weighted by atomic mass is 15.1. The Bertz CT molecular complexity index is 408. The van der Waals surface area contributed by atoms with Gasteiger partial charge in [-0.1, -0.05) is 17.0 Å². The van der Waals surface area contributed by atoms with Crippen LogP contribution in [-0.2, 0) is 0 Å². The maximum Gasteiger partial charge on any atom is 0.0457 e. The van der Waals surface area contributed by atoms with Crippen molar-refractivity contribution in [1.82, 2.24) is 4.98 Å². The molecule has 0 aromatic carbocycles. The zero-order chi connectivity index (χ0) is 10.2. The van der Waals surface area contributed by atoms with Gasteiger partial charge in [0, 0.05) is 35.8 Å². The Morgan fingerprint density at radius 2 is 2.50 bits per heavy atom. The Kier molecular flexibility index (Phi) is 4.06. The minimum atomic E-state index is 0.419. The molecule has 1 heterocycles. The van der Waals surface area contributed by atoms with Crippen molar-refractivity contribution in [3.05, 3.63) is 40.0 Å². The van der Waals surface area contributed by atoms with Crippen LogP contribution in [0.5, 0.6) is 0 Å². The van der Waals surface area contributed by atoms with Gasteiger partial charge in [-0.25, -0.2) is 0 Å². The number of aromatic nitrogens is 1. The molecule has 14 heavy (non-hydrogen) atoms. The number of hydrogen-bond acceptors (Lipinski definition) is 2. The van der Waals surface area contributed by atoms with Gasteiger partial charge < -0.3 is 0 Å². The summed E-state index contributed by atoms with van der Waals surface area (Å²) in [6, 6.07) is 1.91. The van der Waals surface area contributed by atoms with Crippen molar-refractivity contribution in [2.24, 2.45) is 5.11 Å². The Morgan fingerprint density at radius 3 is 3.21 bits per heavy atom. The van der Waals surface area contributed by atoms with E-state index in [1.54, 1.807) is 12.4 Å². The quantitative estimate of drug-likeness (QED) is 0.230. The molecule has 0 saturated carbocycles. The first kappa shape index (κ1) is 10.1. The van der Waals surface area contributed by atoms with Crippen LogP contribution < -0.4 is 0 Å². The number of azide groups is 1. The lowest BCUT2D eigenvalue weighted by Crippen LogP contribution is -1.83. The summed E-state index contributed by atoms with van der Waals surface area (Å²) in [5.41, 5.74) is 10.1. The molecule has 0 unspecified atom stereocenters. The fraction of sp³-hybridized carbons (Fsp3) is 0.300. The zero-order valence-electron chi connectivity index (χ0n) is 7.94. The summed E-state index contributed by atoms with van der Waals surface area (Å²) >= 11 is 0. The highest BCUT2D eigenvalue weighted by molar-refractivity contribution is 5.37. The Morgan fingerprint density at radius 1 is 1.64 bits per heavy atom. The molecule has 1 aromatic heterocycles. The minimum absolute atomic E-state index is 0.419. The summed E-state index contributed by atoms with van der Waals surface area (Å²) in [6.45, 7) is 2.40. The van der Waals surface area contributed by atoms with Gasteiger partial charge in [0.15, 0.2) is 0 Å². The second kappa shape index (κ2) is 5.63. The third-order valence-electron chi connectivity index (χ3n) is 1.66. The van der Waals surface area contributed by atoms with Gasteiger partial charge in [0.2, 0.25) is 0 Å².